The van der Waals surface area contributed by atoms with Crippen LogP contribution in [0.2, 0.25) is 0 Å². The quantitative estimate of drug-likeness (QED) is 0.595. The Morgan fingerprint density at radius 3 is 2.69 bits per heavy atom. The van der Waals surface area contributed by atoms with Crippen LogP contribution in [0.25, 0.3) is 0 Å². The van der Waals surface area contributed by atoms with Crippen molar-refractivity contribution in [1.82, 2.24) is 4.90 Å². The summed E-state index contributed by atoms with van der Waals surface area (Å²) in [6, 6.07) is 0. The molecule has 0 saturated heterocycles. The summed E-state index contributed by atoms with van der Waals surface area (Å²) in [5, 5.41) is 0. The first kappa shape index (κ1) is 12.1. The van der Waals surface area contributed by atoms with Crippen molar-refractivity contribution in [2.24, 2.45) is 11.7 Å². The molecule has 0 heterocycles. The highest BCUT2D eigenvalue weighted by Crippen LogP contribution is 2.04. The number of nitrogens with two attached hydrogens (primary N) is 1. The highest BCUT2D eigenvalue weighted by atomic mass is 16.2. The minimum Gasteiger partial charge on any atom is -0.345 e. The summed E-state index contributed by atoms with van der Waals surface area (Å²) >= 11 is 0. The Hall–Kier alpha value is -0.900. The molecule has 0 aromatic rings. The second kappa shape index (κ2) is 6.60. The smallest absolute Gasteiger partial charge is 0.225 e. The molecule has 1 atom stereocenters. The van der Waals surface area contributed by atoms with Gasteiger partial charge in [-0.2, -0.15) is 0 Å². The van der Waals surface area contributed by atoms with Crippen molar-refractivity contribution in [3.8, 4) is 0 Å². The Kier molecular flexibility index (Phi) is 6.14. The lowest BCUT2D eigenvalue weighted by molar-refractivity contribution is -0.134. The number of hydrogen-bond donors (Lipinski definition) is 1. The molecule has 0 rings (SSSR count). The highest BCUT2D eigenvalue weighted by molar-refractivity contribution is 5.80. The van der Waals surface area contributed by atoms with E-state index in [4.69, 9.17) is 5.73 Å². The van der Waals surface area contributed by atoms with E-state index in [2.05, 4.69) is 0 Å². The fourth-order valence-corrected chi connectivity index (χ4v) is 1.06. The first-order chi connectivity index (χ1) is 6.13. The van der Waals surface area contributed by atoms with Gasteiger partial charge in [0.2, 0.25) is 5.91 Å². The van der Waals surface area contributed by atoms with Crippen LogP contribution < -0.4 is 5.73 Å². The van der Waals surface area contributed by atoms with E-state index in [9.17, 15) is 9.59 Å². The zero-order valence-electron chi connectivity index (χ0n) is 8.32. The molecule has 1 amide bonds. The fourth-order valence-electron chi connectivity index (χ4n) is 1.06. The van der Waals surface area contributed by atoms with Gasteiger partial charge in [0.05, 0.1) is 0 Å². The van der Waals surface area contributed by atoms with Crippen molar-refractivity contribution >= 4 is 12.2 Å². The van der Waals surface area contributed by atoms with Crippen LogP contribution in [0.1, 0.15) is 19.8 Å². The molecule has 0 aliphatic rings. The number of carbonyl (C=O) groups excluding carboxylic acids is 2. The van der Waals surface area contributed by atoms with Crippen molar-refractivity contribution in [3.05, 3.63) is 0 Å². The molecule has 0 bridgehead atoms. The van der Waals surface area contributed by atoms with Crippen molar-refractivity contribution in [3.63, 3.8) is 0 Å². The van der Waals surface area contributed by atoms with E-state index in [0.717, 1.165) is 12.7 Å². The Labute approximate surface area is 79.1 Å². The predicted octanol–water partition coefficient (Wildman–Crippen LogP) is 0.0187. The third-order valence-electron chi connectivity index (χ3n) is 1.95. The topological polar surface area (TPSA) is 63.4 Å². The molecule has 0 spiro atoms. The zero-order valence-corrected chi connectivity index (χ0v) is 8.32. The zero-order chi connectivity index (χ0) is 10.3. The molecule has 0 saturated carbocycles. The van der Waals surface area contributed by atoms with E-state index < -0.39 is 0 Å². The average Bonchev–Trinajstić information content (AvgIpc) is 2.13. The van der Waals surface area contributed by atoms with Crippen molar-refractivity contribution in [2.45, 2.75) is 19.8 Å². The molecule has 4 heteroatoms. The number of carbonyl (C=O) groups is 2. The van der Waals surface area contributed by atoms with Crippen LogP contribution in [0.15, 0.2) is 0 Å². The van der Waals surface area contributed by atoms with Gasteiger partial charge in [-0.3, -0.25) is 4.79 Å². The van der Waals surface area contributed by atoms with Gasteiger partial charge in [-0.15, -0.1) is 0 Å². The van der Waals surface area contributed by atoms with E-state index in [1.54, 1.807) is 18.9 Å². The predicted molar refractivity (Wildman–Crippen MR) is 51.2 cm³/mol. The molecule has 0 fully saturated rings. The van der Waals surface area contributed by atoms with E-state index >= 15 is 0 Å². The number of nitrogens with zero attached hydrogens (tertiary/aromatic N) is 1. The van der Waals surface area contributed by atoms with Gasteiger partial charge in [0.1, 0.15) is 6.29 Å². The monoisotopic (exact) mass is 186 g/mol. The highest BCUT2D eigenvalue weighted by Gasteiger charge is 2.15. The van der Waals surface area contributed by atoms with E-state index in [1.165, 1.54) is 0 Å². The van der Waals surface area contributed by atoms with Gasteiger partial charge < -0.3 is 15.4 Å². The Morgan fingerprint density at radius 1 is 1.62 bits per heavy atom. The molecule has 76 valence electrons. The van der Waals surface area contributed by atoms with Gasteiger partial charge in [0, 0.05) is 25.9 Å². The molecule has 0 aliphatic heterocycles. The first-order valence-electron chi connectivity index (χ1n) is 4.52. The van der Waals surface area contributed by atoms with Gasteiger partial charge in [-0.25, -0.2) is 0 Å². The number of hydrogen-bond acceptors (Lipinski definition) is 3. The van der Waals surface area contributed by atoms with Gasteiger partial charge in [-0.05, 0) is 13.0 Å². The summed E-state index contributed by atoms with van der Waals surface area (Å²) in [5.41, 5.74) is 5.32. The van der Waals surface area contributed by atoms with Gasteiger partial charge in [-0.1, -0.05) is 6.92 Å². The fraction of sp³-hybridized carbons (Fsp3) is 0.778. The Balaban J connectivity index is 3.86. The lowest BCUT2D eigenvalue weighted by atomic mass is 10.1. The van der Waals surface area contributed by atoms with E-state index in [-0.39, 0.29) is 11.8 Å². The molecule has 1 unspecified atom stereocenters. The SMILES string of the molecule is CC(CC=O)C(=O)N(C)CCCN. The second-order valence-corrected chi connectivity index (χ2v) is 3.21. The molecule has 13 heavy (non-hydrogen) atoms. The first-order valence-corrected chi connectivity index (χ1v) is 4.52. The summed E-state index contributed by atoms with van der Waals surface area (Å²) in [7, 11) is 1.74. The molecule has 4 nitrogen and oxygen atoms in total. The largest absolute Gasteiger partial charge is 0.345 e. The summed E-state index contributed by atoms with van der Waals surface area (Å²) in [6.07, 6.45) is 1.88. The maximum absolute atomic E-state index is 11.5. The lowest BCUT2D eigenvalue weighted by Crippen LogP contribution is -2.33. The van der Waals surface area contributed by atoms with Crippen LogP contribution in [0.5, 0.6) is 0 Å². The summed E-state index contributed by atoms with van der Waals surface area (Å²) < 4.78 is 0. The third-order valence-corrected chi connectivity index (χ3v) is 1.95. The summed E-state index contributed by atoms with van der Waals surface area (Å²) in [5.74, 6) is -0.194. The minimum atomic E-state index is -0.208. The van der Waals surface area contributed by atoms with Crippen LogP contribution in [0.3, 0.4) is 0 Å². The van der Waals surface area contributed by atoms with Crippen molar-refractivity contribution in [1.29, 1.82) is 0 Å². The maximum atomic E-state index is 11.5. The van der Waals surface area contributed by atoms with E-state index in [1.807, 2.05) is 0 Å². The molecule has 0 aromatic heterocycles. The molecular formula is C9H18N2O2. The molecule has 2 N–H and O–H groups in total. The van der Waals surface area contributed by atoms with Crippen LogP contribution in [-0.2, 0) is 9.59 Å². The molecular weight excluding hydrogens is 168 g/mol. The Morgan fingerprint density at radius 2 is 2.23 bits per heavy atom. The minimum absolute atomic E-state index is 0.0144. The molecule has 0 aliphatic carbocycles. The summed E-state index contributed by atoms with van der Waals surface area (Å²) in [6.45, 7) is 3.01. The normalized spacial score (nSPS) is 12.2. The van der Waals surface area contributed by atoms with Crippen LogP contribution >= 0.6 is 0 Å². The van der Waals surface area contributed by atoms with Gasteiger partial charge in [0.25, 0.3) is 0 Å². The van der Waals surface area contributed by atoms with E-state index in [0.29, 0.717) is 19.5 Å². The van der Waals surface area contributed by atoms with Crippen LogP contribution in [-0.4, -0.2) is 37.2 Å². The Bertz CT molecular complexity index is 171. The van der Waals surface area contributed by atoms with Crippen molar-refractivity contribution < 1.29 is 9.59 Å². The maximum Gasteiger partial charge on any atom is 0.225 e. The number of rotatable bonds is 6. The number of amides is 1. The van der Waals surface area contributed by atoms with Crippen LogP contribution in [0.4, 0.5) is 0 Å². The van der Waals surface area contributed by atoms with Gasteiger partial charge in [0.15, 0.2) is 0 Å². The number of aldehydes is 1. The molecule has 0 radical (unpaired) electrons. The standard InChI is InChI=1S/C9H18N2O2/c1-8(4-7-12)9(13)11(2)6-3-5-10/h7-8H,3-6,10H2,1-2H3. The molecule has 0 aromatic carbocycles. The lowest BCUT2D eigenvalue weighted by Gasteiger charge is -2.19. The van der Waals surface area contributed by atoms with Crippen LogP contribution in [0, 0.1) is 5.92 Å². The average molecular weight is 186 g/mol. The van der Waals surface area contributed by atoms with Gasteiger partial charge >= 0.3 is 0 Å². The second-order valence-electron chi connectivity index (χ2n) is 3.21. The van der Waals surface area contributed by atoms with Crippen molar-refractivity contribution in [2.75, 3.05) is 20.1 Å². The third kappa shape index (κ3) is 4.62. The summed E-state index contributed by atoms with van der Waals surface area (Å²) in [4.78, 5) is 23.3.